The highest BCUT2D eigenvalue weighted by Crippen LogP contribution is 2.47. The third kappa shape index (κ3) is 3.94. The largest absolute Gasteiger partial charge is 0.376 e. The summed E-state index contributed by atoms with van der Waals surface area (Å²) in [5.74, 6) is 0.605. The van der Waals surface area contributed by atoms with Gasteiger partial charge >= 0.3 is 0 Å². The third-order valence-corrected chi connectivity index (χ3v) is 6.91. The first-order valence-corrected chi connectivity index (χ1v) is 10.8. The molecule has 3 aliphatic rings. The fourth-order valence-corrected chi connectivity index (χ4v) is 4.85. The summed E-state index contributed by atoms with van der Waals surface area (Å²) in [5.41, 5.74) is 7.02. The van der Waals surface area contributed by atoms with Crippen molar-refractivity contribution in [2.24, 2.45) is 11.1 Å². The molecule has 0 spiro atoms. The molecule has 0 bridgehead atoms. The topological polar surface area (TPSA) is 79.4 Å². The molecule has 1 aliphatic heterocycles. The second-order valence-corrected chi connectivity index (χ2v) is 8.78. The Labute approximate surface area is 167 Å². The monoisotopic (exact) mass is 381 g/mol. The minimum Gasteiger partial charge on any atom is -0.376 e. The molecule has 28 heavy (non-hydrogen) atoms. The van der Waals surface area contributed by atoms with Crippen LogP contribution < -0.4 is 5.73 Å². The second-order valence-electron chi connectivity index (χ2n) is 8.78. The van der Waals surface area contributed by atoms with Crippen LogP contribution in [0.15, 0.2) is 30.3 Å². The molecule has 1 aromatic rings. The standard InChI is InChI=1S/C23H31N3O2/c24-16-23(12-13-23)22(27)26-14-4-7-20(25)21(26)15-28-19-10-8-18(9-11-19)17-5-2-1-3-6-17/h1-3,5-6,18-21H,4,7-15,25H2/t18-,19+,20-,21-/m0/s1. The van der Waals surface area contributed by atoms with E-state index in [4.69, 9.17) is 10.5 Å². The molecule has 150 valence electrons. The maximum atomic E-state index is 12.9. The highest BCUT2D eigenvalue weighted by atomic mass is 16.5. The van der Waals surface area contributed by atoms with Gasteiger partial charge in [-0.2, -0.15) is 5.26 Å². The van der Waals surface area contributed by atoms with Crippen LogP contribution in [0.1, 0.15) is 62.8 Å². The van der Waals surface area contributed by atoms with Gasteiger partial charge in [-0.1, -0.05) is 30.3 Å². The van der Waals surface area contributed by atoms with E-state index in [1.165, 1.54) is 5.56 Å². The fraction of sp³-hybridized carbons (Fsp3) is 0.652. The Morgan fingerprint density at radius 3 is 2.54 bits per heavy atom. The van der Waals surface area contributed by atoms with E-state index < -0.39 is 5.41 Å². The average molecular weight is 382 g/mol. The number of ether oxygens (including phenoxy) is 1. The number of rotatable bonds is 5. The zero-order valence-electron chi connectivity index (χ0n) is 16.6. The number of piperidine rings is 1. The van der Waals surface area contributed by atoms with Crippen molar-refractivity contribution < 1.29 is 9.53 Å². The minimum atomic E-state index is -0.775. The van der Waals surface area contributed by atoms with Crippen molar-refractivity contribution in [1.29, 1.82) is 5.26 Å². The van der Waals surface area contributed by atoms with Crippen molar-refractivity contribution >= 4 is 5.91 Å². The minimum absolute atomic E-state index is 0.0217. The Kier molecular flexibility index (Phi) is 5.70. The van der Waals surface area contributed by atoms with Crippen LogP contribution in [0.4, 0.5) is 0 Å². The molecule has 2 N–H and O–H groups in total. The Hall–Kier alpha value is -1.90. The molecular formula is C23H31N3O2. The quantitative estimate of drug-likeness (QED) is 0.848. The Bertz CT molecular complexity index is 717. The zero-order valence-corrected chi connectivity index (χ0v) is 16.6. The molecule has 2 aliphatic carbocycles. The normalized spacial score (nSPS) is 31.8. The van der Waals surface area contributed by atoms with Crippen LogP contribution in [-0.2, 0) is 9.53 Å². The molecule has 1 amide bonds. The predicted octanol–water partition coefficient (Wildman–Crippen LogP) is 3.35. The van der Waals surface area contributed by atoms with Gasteiger partial charge in [0.1, 0.15) is 5.41 Å². The van der Waals surface area contributed by atoms with Crippen LogP contribution in [0.25, 0.3) is 0 Å². The van der Waals surface area contributed by atoms with E-state index in [0.717, 1.165) is 38.5 Å². The molecule has 1 heterocycles. The first-order chi connectivity index (χ1) is 13.6. The summed E-state index contributed by atoms with van der Waals surface area (Å²) in [7, 11) is 0. The number of amides is 1. The van der Waals surface area contributed by atoms with Crippen molar-refractivity contribution in [1.82, 2.24) is 4.90 Å². The number of carbonyl (C=O) groups is 1. The summed E-state index contributed by atoms with van der Waals surface area (Å²) in [5, 5.41) is 9.40. The van der Waals surface area contributed by atoms with Gasteiger partial charge in [0.05, 0.1) is 24.8 Å². The van der Waals surface area contributed by atoms with Crippen molar-refractivity contribution in [2.45, 2.75) is 75.5 Å². The van der Waals surface area contributed by atoms with E-state index in [1.807, 2.05) is 4.90 Å². The molecule has 5 nitrogen and oxygen atoms in total. The van der Waals surface area contributed by atoms with Gasteiger partial charge in [-0.25, -0.2) is 0 Å². The predicted molar refractivity (Wildman–Crippen MR) is 107 cm³/mol. The lowest BCUT2D eigenvalue weighted by atomic mass is 9.83. The molecular weight excluding hydrogens is 350 g/mol. The van der Waals surface area contributed by atoms with Crippen molar-refractivity contribution in [3.63, 3.8) is 0 Å². The molecule has 4 rings (SSSR count). The van der Waals surface area contributed by atoms with Gasteiger partial charge in [0.15, 0.2) is 0 Å². The first kappa shape index (κ1) is 19.4. The second kappa shape index (κ2) is 8.23. The number of nitriles is 1. The van der Waals surface area contributed by atoms with E-state index in [2.05, 4.69) is 36.4 Å². The maximum absolute atomic E-state index is 12.9. The van der Waals surface area contributed by atoms with Crippen LogP contribution in [0.3, 0.4) is 0 Å². The molecule has 1 aromatic carbocycles. The number of nitrogens with zero attached hydrogens (tertiary/aromatic N) is 2. The van der Waals surface area contributed by atoms with Gasteiger partial charge in [-0.3, -0.25) is 4.79 Å². The van der Waals surface area contributed by atoms with Crippen LogP contribution in [0.2, 0.25) is 0 Å². The fourth-order valence-electron chi connectivity index (χ4n) is 4.85. The Morgan fingerprint density at radius 1 is 1.18 bits per heavy atom. The van der Waals surface area contributed by atoms with Crippen LogP contribution in [0.5, 0.6) is 0 Å². The summed E-state index contributed by atoms with van der Waals surface area (Å²) in [4.78, 5) is 14.8. The number of likely N-dealkylation sites (tertiary alicyclic amines) is 1. The smallest absolute Gasteiger partial charge is 0.243 e. The van der Waals surface area contributed by atoms with E-state index >= 15 is 0 Å². The molecule has 2 saturated carbocycles. The lowest BCUT2D eigenvalue weighted by Crippen LogP contribution is -2.58. The lowest BCUT2D eigenvalue weighted by molar-refractivity contribution is -0.142. The van der Waals surface area contributed by atoms with Crippen molar-refractivity contribution in [3.8, 4) is 6.07 Å². The number of hydrogen-bond acceptors (Lipinski definition) is 4. The van der Waals surface area contributed by atoms with E-state index in [9.17, 15) is 10.1 Å². The maximum Gasteiger partial charge on any atom is 0.243 e. The van der Waals surface area contributed by atoms with E-state index in [1.54, 1.807) is 0 Å². The van der Waals surface area contributed by atoms with E-state index in [-0.39, 0.29) is 24.1 Å². The van der Waals surface area contributed by atoms with Gasteiger partial charge in [0, 0.05) is 12.6 Å². The Morgan fingerprint density at radius 2 is 1.89 bits per heavy atom. The molecule has 0 radical (unpaired) electrons. The van der Waals surface area contributed by atoms with E-state index in [0.29, 0.717) is 31.9 Å². The Balaban J connectivity index is 1.32. The van der Waals surface area contributed by atoms with Gasteiger partial charge in [-0.05, 0) is 62.8 Å². The van der Waals surface area contributed by atoms with Crippen molar-refractivity contribution in [3.05, 3.63) is 35.9 Å². The highest BCUT2D eigenvalue weighted by molar-refractivity contribution is 5.88. The summed E-state index contributed by atoms with van der Waals surface area (Å²) in [6.45, 7) is 1.19. The first-order valence-electron chi connectivity index (χ1n) is 10.8. The number of hydrogen-bond donors (Lipinski definition) is 1. The van der Waals surface area contributed by atoms with Crippen LogP contribution >= 0.6 is 0 Å². The zero-order chi connectivity index (χ0) is 19.6. The summed E-state index contributed by atoms with van der Waals surface area (Å²) in [6, 6.07) is 12.8. The summed E-state index contributed by atoms with van der Waals surface area (Å²) < 4.78 is 6.27. The van der Waals surface area contributed by atoms with Crippen molar-refractivity contribution in [2.75, 3.05) is 13.2 Å². The number of benzene rings is 1. The summed E-state index contributed by atoms with van der Waals surface area (Å²) in [6.07, 6.45) is 7.84. The highest BCUT2D eigenvalue weighted by Gasteiger charge is 2.54. The van der Waals surface area contributed by atoms with Gasteiger partial charge < -0.3 is 15.4 Å². The molecule has 1 saturated heterocycles. The van der Waals surface area contributed by atoms with Gasteiger partial charge in [0.2, 0.25) is 5.91 Å². The number of nitrogens with two attached hydrogens (primary N) is 1. The summed E-state index contributed by atoms with van der Waals surface area (Å²) >= 11 is 0. The number of carbonyl (C=O) groups excluding carboxylic acids is 1. The molecule has 0 unspecified atom stereocenters. The van der Waals surface area contributed by atoms with Crippen LogP contribution in [-0.4, -0.2) is 42.1 Å². The van der Waals surface area contributed by atoms with Gasteiger partial charge in [0.25, 0.3) is 0 Å². The molecule has 5 heteroatoms. The SMILES string of the molecule is N#CC1(C(=O)N2CCC[C@H](N)[C@@H]2CO[C@H]2CC[C@@H](c3ccccc3)CC2)CC1. The molecule has 0 aromatic heterocycles. The lowest BCUT2D eigenvalue weighted by Gasteiger charge is -2.41. The molecule has 2 atom stereocenters. The third-order valence-electron chi connectivity index (χ3n) is 6.91. The van der Waals surface area contributed by atoms with Gasteiger partial charge in [-0.15, -0.1) is 0 Å². The average Bonchev–Trinajstić information content (AvgIpc) is 3.55. The van der Waals surface area contributed by atoms with Crippen LogP contribution in [0, 0.1) is 16.7 Å². The molecule has 3 fully saturated rings.